The number of rotatable bonds is 3. The zero-order chi connectivity index (χ0) is 19.7. The quantitative estimate of drug-likeness (QED) is 0.780. The SMILES string of the molecule is CCN1CCN(C(=O)c2nc(N3CCSCC3)c3c(C)cc(C)nc3n2)CC1. The van der Waals surface area contributed by atoms with Gasteiger partial charge in [0.25, 0.3) is 5.91 Å². The Labute approximate surface area is 170 Å². The summed E-state index contributed by atoms with van der Waals surface area (Å²) in [5, 5.41) is 0.977. The van der Waals surface area contributed by atoms with Gasteiger partial charge in [-0.2, -0.15) is 11.8 Å². The molecule has 2 aliphatic heterocycles. The predicted octanol–water partition coefficient (Wildman–Crippen LogP) is 1.97. The van der Waals surface area contributed by atoms with E-state index >= 15 is 0 Å². The molecule has 28 heavy (non-hydrogen) atoms. The third kappa shape index (κ3) is 3.80. The highest BCUT2D eigenvalue weighted by molar-refractivity contribution is 7.99. The van der Waals surface area contributed by atoms with E-state index in [-0.39, 0.29) is 11.7 Å². The summed E-state index contributed by atoms with van der Waals surface area (Å²) in [5.41, 5.74) is 2.67. The van der Waals surface area contributed by atoms with Crippen LogP contribution < -0.4 is 4.90 Å². The minimum Gasteiger partial charge on any atom is -0.354 e. The molecule has 0 bridgehead atoms. The lowest BCUT2D eigenvalue weighted by Crippen LogP contribution is -2.48. The molecule has 7 nitrogen and oxygen atoms in total. The highest BCUT2D eigenvalue weighted by Gasteiger charge is 2.26. The number of hydrogen-bond donors (Lipinski definition) is 0. The fraction of sp³-hybridized carbons (Fsp3) is 0.600. The molecular weight excluding hydrogens is 372 g/mol. The van der Waals surface area contributed by atoms with E-state index in [1.807, 2.05) is 23.6 Å². The van der Waals surface area contributed by atoms with E-state index < -0.39 is 0 Å². The maximum atomic E-state index is 13.2. The fourth-order valence-corrected chi connectivity index (χ4v) is 4.87. The van der Waals surface area contributed by atoms with Crippen molar-refractivity contribution < 1.29 is 4.79 Å². The number of pyridine rings is 1. The van der Waals surface area contributed by atoms with Gasteiger partial charge in [-0.3, -0.25) is 4.79 Å². The lowest BCUT2D eigenvalue weighted by atomic mass is 10.1. The number of hydrogen-bond acceptors (Lipinski definition) is 7. The molecule has 0 saturated carbocycles. The summed E-state index contributed by atoms with van der Waals surface area (Å²) in [6.45, 7) is 12.4. The first-order valence-electron chi connectivity index (χ1n) is 10.1. The third-order valence-electron chi connectivity index (χ3n) is 5.58. The maximum Gasteiger partial charge on any atom is 0.291 e. The Morgan fingerprint density at radius 1 is 1.04 bits per heavy atom. The van der Waals surface area contributed by atoms with Crippen LogP contribution in [0.3, 0.4) is 0 Å². The molecule has 0 atom stereocenters. The van der Waals surface area contributed by atoms with Crippen molar-refractivity contribution in [3.05, 3.63) is 23.1 Å². The summed E-state index contributed by atoms with van der Waals surface area (Å²) in [5.74, 6) is 3.22. The molecule has 0 aromatic carbocycles. The number of likely N-dealkylation sites (N-methyl/N-ethyl adjacent to an activating group) is 1. The van der Waals surface area contributed by atoms with Crippen molar-refractivity contribution in [1.29, 1.82) is 0 Å². The van der Waals surface area contributed by atoms with Crippen molar-refractivity contribution in [3.8, 4) is 0 Å². The highest BCUT2D eigenvalue weighted by Crippen LogP contribution is 2.29. The van der Waals surface area contributed by atoms with Crippen molar-refractivity contribution in [2.45, 2.75) is 20.8 Å². The Morgan fingerprint density at radius 3 is 2.43 bits per heavy atom. The van der Waals surface area contributed by atoms with E-state index in [1.54, 1.807) is 0 Å². The van der Waals surface area contributed by atoms with Gasteiger partial charge in [0.15, 0.2) is 5.65 Å². The molecule has 2 aromatic rings. The van der Waals surface area contributed by atoms with E-state index in [0.717, 1.165) is 79.8 Å². The number of thioether (sulfide) groups is 1. The van der Waals surface area contributed by atoms with Gasteiger partial charge >= 0.3 is 0 Å². The minimum atomic E-state index is -0.0775. The van der Waals surface area contributed by atoms with E-state index in [4.69, 9.17) is 4.98 Å². The van der Waals surface area contributed by atoms with Gasteiger partial charge in [0.2, 0.25) is 5.82 Å². The molecule has 0 radical (unpaired) electrons. The van der Waals surface area contributed by atoms with Crippen LogP contribution in [0.4, 0.5) is 5.82 Å². The molecule has 4 rings (SSSR count). The van der Waals surface area contributed by atoms with E-state index in [9.17, 15) is 4.79 Å². The fourth-order valence-electron chi connectivity index (χ4n) is 3.96. The van der Waals surface area contributed by atoms with Crippen LogP contribution in [0, 0.1) is 13.8 Å². The van der Waals surface area contributed by atoms with Crippen LogP contribution in [0.5, 0.6) is 0 Å². The number of anilines is 1. The molecular formula is C20H28N6OS. The van der Waals surface area contributed by atoms with Crippen molar-refractivity contribution in [3.63, 3.8) is 0 Å². The monoisotopic (exact) mass is 400 g/mol. The Kier molecular flexibility index (Phi) is 5.68. The smallest absolute Gasteiger partial charge is 0.291 e. The van der Waals surface area contributed by atoms with Crippen LogP contribution in [0.2, 0.25) is 0 Å². The second kappa shape index (κ2) is 8.21. The number of aromatic nitrogens is 3. The standard InChI is InChI=1S/C20H28N6OS/c1-4-24-5-7-26(8-6-24)20(27)18-22-17-16(14(2)13-15(3)21-17)19(23-18)25-9-11-28-12-10-25/h13H,4-12H2,1-3H3. The molecule has 0 spiro atoms. The Morgan fingerprint density at radius 2 is 1.75 bits per heavy atom. The number of fused-ring (bicyclic) bond motifs is 1. The van der Waals surface area contributed by atoms with Crippen molar-refractivity contribution in [2.75, 3.05) is 62.2 Å². The number of carbonyl (C=O) groups excluding carboxylic acids is 1. The zero-order valence-electron chi connectivity index (χ0n) is 16.9. The minimum absolute atomic E-state index is 0.0775. The van der Waals surface area contributed by atoms with Gasteiger partial charge in [-0.25, -0.2) is 15.0 Å². The van der Waals surface area contributed by atoms with Crippen molar-refractivity contribution in [2.24, 2.45) is 0 Å². The van der Waals surface area contributed by atoms with Crippen LogP contribution >= 0.6 is 11.8 Å². The van der Waals surface area contributed by atoms with Gasteiger partial charge in [0.1, 0.15) is 5.82 Å². The molecule has 4 heterocycles. The maximum absolute atomic E-state index is 13.2. The Balaban J connectivity index is 1.73. The molecule has 0 unspecified atom stereocenters. The van der Waals surface area contributed by atoms with Crippen LogP contribution in [0.25, 0.3) is 11.0 Å². The number of piperazine rings is 1. The third-order valence-corrected chi connectivity index (χ3v) is 6.52. The van der Waals surface area contributed by atoms with Crippen molar-refractivity contribution in [1.82, 2.24) is 24.8 Å². The van der Waals surface area contributed by atoms with Crippen LogP contribution in [0.15, 0.2) is 6.07 Å². The number of amides is 1. The second-order valence-electron chi connectivity index (χ2n) is 7.48. The summed E-state index contributed by atoms with van der Waals surface area (Å²) in [6, 6.07) is 2.07. The largest absolute Gasteiger partial charge is 0.354 e. The normalized spacial score (nSPS) is 18.7. The van der Waals surface area contributed by atoms with E-state index in [2.05, 4.69) is 39.7 Å². The number of carbonyl (C=O) groups is 1. The highest BCUT2D eigenvalue weighted by atomic mass is 32.2. The first-order valence-corrected chi connectivity index (χ1v) is 11.2. The van der Waals surface area contributed by atoms with E-state index in [1.165, 1.54) is 0 Å². The molecule has 8 heteroatoms. The molecule has 2 aliphatic rings. The molecule has 2 saturated heterocycles. The van der Waals surface area contributed by atoms with Gasteiger partial charge in [-0.05, 0) is 32.0 Å². The zero-order valence-corrected chi connectivity index (χ0v) is 17.8. The summed E-state index contributed by atoms with van der Waals surface area (Å²) in [6.07, 6.45) is 0. The average molecular weight is 401 g/mol. The lowest BCUT2D eigenvalue weighted by Gasteiger charge is -2.34. The topological polar surface area (TPSA) is 65.5 Å². The van der Waals surface area contributed by atoms with Crippen LogP contribution in [0.1, 0.15) is 28.8 Å². The van der Waals surface area contributed by atoms with Gasteiger partial charge in [0, 0.05) is 56.5 Å². The Hall–Kier alpha value is -1.93. The summed E-state index contributed by atoms with van der Waals surface area (Å²) >= 11 is 1.96. The molecule has 1 amide bonds. The molecule has 0 N–H and O–H groups in total. The van der Waals surface area contributed by atoms with Gasteiger partial charge in [-0.1, -0.05) is 6.92 Å². The van der Waals surface area contributed by atoms with Gasteiger partial charge in [-0.15, -0.1) is 0 Å². The average Bonchev–Trinajstić information content (AvgIpc) is 2.72. The van der Waals surface area contributed by atoms with Gasteiger partial charge in [0.05, 0.1) is 5.39 Å². The van der Waals surface area contributed by atoms with Crippen molar-refractivity contribution >= 4 is 34.5 Å². The van der Waals surface area contributed by atoms with Crippen LogP contribution in [-0.4, -0.2) is 88.0 Å². The predicted molar refractivity (Wildman–Crippen MR) is 114 cm³/mol. The first kappa shape index (κ1) is 19.4. The number of aryl methyl sites for hydroxylation is 2. The summed E-state index contributed by atoms with van der Waals surface area (Å²) < 4.78 is 0. The second-order valence-corrected chi connectivity index (χ2v) is 8.70. The van der Waals surface area contributed by atoms with Gasteiger partial charge < -0.3 is 14.7 Å². The molecule has 150 valence electrons. The summed E-state index contributed by atoms with van der Waals surface area (Å²) in [7, 11) is 0. The lowest BCUT2D eigenvalue weighted by molar-refractivity contribution is 0.0631. The molecule has 2 fully saturated rings. The Bertz CT molecular complexity index is 875. The summed E-state index contributed by atoms with van der Waals surface area (Å²) in [4.78, 5) is 33.7. The van der Waals surface area contributed by atoms with E-state index in [0.29, 0.717) is 5.65 Å². The molecule has 2 aromatic heterocycles. The molecule has 0 aliphatic carbocycles. The number of nitrogens with zero attached hydrogens (tertiary/aromatic N) is 6. The van der Waals surface area contributed by atoms with Crippen LogP contribution in [-0.2, 0) is 0 Å². The first-order chi connectivity index (χ1) is 13.6.